The maximum absolute atomic E-state index is 10.5. The zero-order chi connectivity index (χ0) is 29.0. The van der Waals surface area contributed by atoms with Gasteiger partial charge in [-0.3, -0.25) is 4.79 Å². The average molecular weight is 549 g/mol. The van der Waals surface area contributed by atoms with Gasteiger partial charge in [0.05, 0.1) is 0 Å². The van der Waals surface area contributed by atoms with Crippen LogP contribution >= 0.6 is 0 Å². The molecule has 0 saturated carbocycles. The highest BCUT2D eigenvalue weighted by molar-refractivity contribution is 5.66. The Morgan fingerprint density at radius 2 is 0.675 bits per heavy atom. The molecule has 0 rings (SSSR count). The van der Waals surface area contributed by atoms with Crippen LogP contribution in [-0.2, 0) is 4.79 Å². The van der Waals surface area contributed by atoms with E-state index in [-0.39, 0.29) is 0 Å². The number of hydrogen-bond donors (Lipinski definition) is 1. The third kappa shape index (κ3) is 35.4. The van der Waals surface area contributed by atoms with E-state index in [1.54, 1.807) is 0 Å². The summed E-state index contributed by atoms with van der Waals surface area (Å²) < 4.78 is 0. The molecule has 0 aliphatic carbocycles. The van der Waals surface area contributed by atoms with Gasteiger partial charge in [-0.25, -0.2) is 0 Å². The molecule has 0 bridgehead atoms. The van der Waals surface area contributed by atoms with Gasteiger partial charge in [0, 0.05) is 6.42 Å². The van der Waals surface area contributed by atoms with Gasteiger partial charge in [0.1, 0.15) is 0 Å². The second kappa shape index (κ2) is 34.4. The molecule has 1 N–H and O–H groups in total. The molecule has 224 valence electrons. The van der Waals surface area contributed by atoms with Crippen molar-refractivity contribution in [3.63, 3.8) is 0 Å². The highest BCUT2D eigenvalue weighted by atomic mass is 16.4. The van der Waals surface area contributed by atoms with E-state index in [9.17, 15) is 4.79 Å². The quantitative estimate of drug-likeness (QED) is 0.0779. The molecule has 0 saturated heterocycles. The van der Waals surface area contributed by atoms with Crippen molar-refractivity contribution < 1.29 is 9.90 Å². The lowest BCUT2D eigenvalue weighted by Crippen LogP contribution is -1.93. The third-order valence-electron chi connectivity index (χ3n) is 6.49. The number of allylic oxidation sites excluding steroid dienone is 16. The van der Waals surface area contributed by atoms with Gasteiger partial charge in [-0.1, -0.05) is 156 Å². The van der Waals surface area contributed by atoms with Gasteiger partial charge in [-0.15, -0.1) is 0 Å². The van der Waals surface area contributed by atoms with Crippen LogP contribution < -0.4 is 0 Å². The Morgan fingerprint density at radius 3 is 1.00 bits per heavy atom. The molecule has 2 nitrogen and oxygen atoms in total. The third-order valence-corrected chi connectivity index (χ3v) is 6.49. The summed E-state index contributed by atoms with van der Waals surface area (Å²) in [5, 5.41) is 8.62. The van der Waals surface area contributed by atoms with Gasteiger partial charge in [0.25, 0.3) is 0 Å². The monoisotopic (exact) mass is 548 g/mol. The van der Waals surface area contributed by atoms with Crippen LogP contribution in [0.4, 0.5) is 0 Å². The van der Waals surface area contributed by atoms with Crippen molar-refractivity contribution in [2.45, 2.75) is 135 Å². The molecule has 2 heteroatoms. The molecule has 0 unspecified atom stereocenters. The lowest BCUT2D eigenvalue weighted by molar-refractivity contribution is -0.137. The summed E-state index contributed by atoms with van der Waals surface area (Å²) in [4.78, 5) is 10.5. The smallest absolute Gasteiger partial charge is 0.303 e. The Hall–Kier alpha value is -2.61. The van der Waals surface area contributed by atoms with Crippen LogP contribution in [0.5, 0.6) is 0 Å². The topological polar surface area (TPSA) is 37.3 Å². The maximum atomic E-state index is 10.5. The highest BCUT2D eigenvalue weighted by Gasteiger charge is 1.96. The van der Waals surface area contributed by atoms with Crippen LogP contribution in [-0.4, -0.2) is 11.1 Å². The van der Waals surface area contributed by atoms with Gasteiger partial charge >= 0.3 is 5.97 Å². The van der Waals surface area contributed by atoms with Crippen LogP contribution in [0.15, 0.2) is 97.2 Å². The first-order valence-corrected chi connectivity index (χ1v) is 16.2. The fraction of sp³-hybridized carbons (Fsp3) is 0.553. The predicted molar refractivity (Wildman–Crippen MR) is 179 cm³/mol. The van der Waals surface area contributed by atoms with Crippen molar-refractivity contribution in [2.24, 2.45) is 0 Å². The molecule has 0 aromatic carbocycles. The van der Waals surface area contributed by atoms with Crippen molar-refractivity contribution in [3.05, 3.63) is 97.2 Å². The van der Waals surface area contributed by atoms with E-state index in [1.807, 2.05) is 0 Å². The second-order valence-corrected chi connectivity index (χ2v) is 10.3. The predicted octanol–water partition coefficient (Wildman–Crippen LogP) is 12.3. The molecule has 0 amide bonds. The number of hydrogen-bond acceptors (Lipinski definition) is 1. The van der Waals surface area contributed by atoms with Crippen molar-refractivity contribution in [1.29, 1.82) is 0 Å². The van der Waals surface area contributed by atoms with Crippen molar-refractivity contribution in [1.82, 2.24) is 0 Å². The lowest BCUT2D eigenvalue weighted by atomic mass is 10.1. The minimum absolute atomic E-state index is 0.328. The minimum Gasteiger partial charge on any atom is -0.481 e. The Morgan fingerprint density at radius 1 is 0.400 bits per heavy atom. The van der Waals surface area contributed by atoms with E-state index in [0.29, 0.717) is 6.42 Å². The number of carbonyl (C=O) groups is 1. The molecule has 0 aliphatic rings. The number of rotatable bonds is 28. The first kappa shape index (κ1) is 37.4. The summed E-state index contributed by atoms with van der Waals surface area (Å²) in [5.41, 5.74) is 0. The minimum atomic E-state index is -0.664. The van der Waals surface area contributed by atoms with Gasteiger partial charge in [0.15, 0.2) is 0 Å². The van der Waals surface area contributed by atoms with E-state index < -0.39 is 5.97 Å². The summed E-state index contributed by atoms with van der Waals surface area (Å²) in [6.45, 7) is 2.16. The first-order chi connectivity index (χ1) is 19.8. The Kier molecular flexibility index (Phi) is 32.2. The zero-order valence-electron chi connectivity index (χ0n) is 25.7. The number of carboxylic acids is 1. The standard InChI is InChI=1S/C38H60O2/c1-2-3-4-5-6-7-8-9-10-11-12-13-14-15-16-17-18-19-20-21-22-23-24-25-26-27-28-29-30-31-32-33-34-35-36-37-38(39)40/h3-4,6-7,9-10,12-13,15-16,18-19,21-22,24-25H,2,5,8,11,14,17,20,23,26-37H2,1H3,(H,39,40)/b4-3-,7-6-,10-9-,13-12-,16-15-,19-18-,22-21-,25-24-. The molecule has 0 aliphatic heterocycles. The van der Waals surface area contributed by atoms with Crippen molar-refractivity contribution >= 4 is 5.97 Å². The fourth-order valence-electron chi connectivity index (χ4n) is 4.13. The van der Waals surface area contributed by atoms with Crippen molar-refractivity contribution in [2.75, 3.05) is 0 Å². The fourth-order valence-corrected chi connectivity index (χ4v) is 4.13. The van der Waals surface area contributed by atoms with E-state index in [0.717, 1.165) is 64.2 Å². The number of aliphatic carboxylic acids is 1. The number of carboxylic acid groups (broad SMARTS) is 1. The van der Waals surface area contributed by atoms with Gasteiger partial charge in [0.2, 0.25) is 0 Å². The molecular weight excluding hydrogens is 488 g/mol. The Balaban J connectivity index is 3.44. The van der Waals surface area contributed by atoms with Crippen LogP contribution in [0.25, 0.3) is 0 Å². The summed E-state index contributed by atoms with van der Waals surface area (Å²) in [7, 11) is 0. The van der Waals surface area contributed by atoms with Gasteiger partial charge in [-0.2, -0.15) is 0 Å². The largest absolute Gasteiger partial charge is 0.481 e. The molecule has 40 heavy (non-hydrogen) atoms. The van der Waals surface area contributed by atoms with Crippen LogP contribution in [0.1, 0.15) is 135 Å². The molecule has 0 aromatic rings. The van der Waals surface area contributed by atoms with Crippen LogP contribution in [0.2, 0.25) is 0 Å². The highest BCUT2D eigenvalue weighted by Crippen LogP contribution is 2.12. The molecule has 0 heterocycles. The van der Waals surface area contributed by atoms with Crippen LogP contribution in [0, 0.1) is 0 Å². The molecule has 0 spiro atoms. The summed E-state index contributed by atoms with van der Waals surface area (Å²) >= 11 is 0. The maximum Gasteiger partial charge on any atom is 0.303 e. The first-order valence-electron chi connectivity index (χ1n) is 16.2. The molecule has 0 radical (unpaired) electrons. The summed E-state index contributed by atoms with van der Waals surface area (Å²) in [6.07, 6.45) is 58.1. The lowest BCUT2D eigenvalue weighted by Gasteiger charge is -2.01. The average Bonchev–Trinajstić information content (AvgIpc) is 2.95. The normalized spacial score (nSPS) is 13.0. The summed E-state index contributed by atoms with van der Waals surface area (Å²) in [6, 6.07) is 0. The SMILES string of the molecule is CC/C=C\C/C=C\C/C=C\C/C=C\C/C=C\C/C=C\C/C=C\C/C=C\CCCCCCCCCCCCC(=O)O. The van der Waals surface area contributed by atoms with E-state index in [1.165, 1.54) is 57.8 Å². The Labute approximate surface area is 248 Å². The zero-order valence-corrected chi connectivity index (χ0v) is 25.7. The van der Waals surface area contributed by atoms with E-state index in [4.69, 9.17) is 5.11 Å². The van der Waals surface area contributed by atoms with E-state index >= 15 is 0 Å². The number of unbranched alkanes of at least 4 members (excludes halogenated alkanes) is 10. The van der Waals surface area contributed by atoms with Crippen LogP contribution in [0.3, 0.4) is 0 Å². The molecular formula is C38H60O2. The Bertz CT molecular complexity index is 773. The molecule has 0 aromatic heterocycles. The van der Waals surface area contributed by atoms with Gasteiger partial charge in [-0.05, 0) is 70.6 Å². The van der Waals surface area contributed by atoms with E-state index in [2.05, 4.69) is 104 Å². The molecule has 0 atom stereocenters. The van der Waals surface area contributed by atoms with Gasteiger partial charge < -0.3 is 5.11 Å². The summed E-state index contributed by atoms with van der Waals surface area (Å²) in [5.74, 6) is -0.664. The second-order valence-electron chi connectivity index (χ2n) is 10.3. The molecule has 0 fully saturated rings. The van der Waals surface area contributed by atoms with Crippen molar-refractivity contribution in [3.8, 4) is 0 Å².